The third-order valence-corrected chi connectivity index (χ3v) is 10.2. The molecule has 7 nitrogen and oxygen atoms in total. The zero-order valence-electron chi connectivity index (χ0n) is 25.1. The van der Waals surface area contributed by atoms with Gasteiger partial charge in [-0.05, 0) is 105 Å². The molecule has 42 heavy (non-hydrogen) atoms. The molecular weight excluding hydrogens is 548 g/mol. The van der Waals surface area contributed by atoms with Gasteiger partial charge in [-0.1, -0.05) is 35.6 Å². The Hall–Kier alpha value is -3.39. The van der Waals surface area contributed by atoms with Gasteiger partial charge in [-0.2, -0.15) is 0 Å². The maximum Gasteiger partial charge on any atom is 0.308 e. The number of methoxy groups -OCH3 is 3. The first-order valence-electron chi connectivity index (χ1n) is 15.0. The summed E-state index contributed by atoms with van der Waals surface area (Å²) in [6.07, 6.45) is 9.04. The van der Waals surface area contributed by atoms with Gasteiger partial charge in [0.2, 0.25) is 5.91 Å². The molecule has 0 spiro atoms. The summed E-state index contributed by atoms with van der Waals surface area (Å²) in [6, 6.07) is 14.8. The number of esters is 1. The first-order chi connectivity index (χ1) is 20.4. The molecule has 0 bridgehead atoms. The van der Waals surface area contributed by atoms with E-state index in [9.17, 15) is 9.59 Å². The number of rotatable bonds is 9. The lowest BCUT2D eigenvalue weighted by atomic mass is 9.77. The predicted molar refractivity (Wildman–Crippen MR) is 166 cm³/mol. The SMILES string of the molecule is COC(=O)C1CCC(C(=O)N(C[C@H]2CC[C@H](c3ccc(OC)c(C)c3)CC2)c2cccc(-c3cnc(OC)s3)c2)CC1. The van der Waals surface area contributed by atoms with Crippen LogP contribution in [0.4, 0.5) is 5.69 Å². The lowest BCUT2D eigenvalue weighted by Gasteiger charge is -2.36. The number of anilines is 1. The van der Waals surface area contributed by atoms with Gasteiger partial charge in [-0.3, -0.25) is 9.59 Å². The van der Waals surface area contributed by atoms with Crippen LogP contribution in [0.25, 0.3) is 10.4 Å². The monoisotopic (exact) mass is 590 g/mol. The second-order valence-corrected chi connectivity index (χ2v) is 12.7. The standard InChI is InChI=1S/C34H42N2O5S/c1-22-18-27(16-17-30(22)39-2)24-10-8-23(9-11-24)21-36(32(37)25-12-14-26(15-13-25)33(38)40-3)29-7-5-6-28(19-29)31-20-35-34(41-4)42-31/h5-7,16-20,23-26H,8-15,21H2,1-4H3/t23-,24-,25?,26?. The van der Waals surface area contributed by atoms with Gasteiger partial charge < -0.3 is 19.1 Å². The fourth-order valence-electron chi connectivity index (χ4n) is 6.69. The highest BCUT2D eigenvalue weighted by atomic mass is 32.1. The van der Waals surface area contributed by atoms with Crippen LogP contribution in [0.15, 0.2) is 48.7 Å². The van der Waals surface area contributed by atoms with Crippen molar-refractivity contribution in [2.75, 3.05) is 32.8 Å². The number of carbonyl (C=O) groups is 2. The Morgan fingerprint density at radius 1 is 0.905 bits per heavy atom. The summed E-state index contributed by atoms with van der Waals surface area (Å²) in [4.78, 5) is 33.6. The minimum Gasteiger partial charge on any atom is -0.496 e. The smallest absolute Gasteiger partial charge is 0.308 e. The van der Waals surface area contributed by atoms with Crippen LogP contribution in [0.1, 0.15) is 68.4 Å². The summed E-state index contributed by atoms with van der Waals surface area (Å²) in [5.74, 6) is 1.72. The summed E-state index contributed by atoms with van der Waals surface area (Å²) in [7, 11) is 4.78. The molecule has 0 unspecified atom stereocenters. The first-order valence-corrected chi connectivity index (χ1v) is 15.9. The molecule has 2 fully saturated rings. The molecule has 8 heteroatoms. The van der Waals surface area contributed by atoms with E-state index in [0.29, 0.717) is 49.3 Å². The molecule has 0 aliphatic heterocycles. The molecular formula is C34H42N2O5S. The lowest BCUT2D eigenvalue weighted by molar-refractivity contribution is -0.147. The summed E-state index contributed by atoms with van der Waals surface area (Å²) >= 11 is 1.50. The molecule has 0 atom stereocenters. The second-order valence-electron chi connectivity index (χ2n) is 11.7. The van der Waals surface area contributed by atoms with E-state index >= 15 is 0 Å². The largest absolute Gasteiger partial charge is 0.496 e. The summed E-state index contributed by atoms with van der Waals surface area (Å²) in [6.45, 7) is 2.81. The van der Waals surface area contributed by atoms with Gasteiger partial charge in [-0.25, -0.2) is 4.98 Å². The number of hydrogen-bond donors (Lipinski definition) is 0. The van der Waals surface area contributed by atoms with E-state index < -0.39 is 0 Å². The van der Waals surface area contributed by atoms with E-state index in [2.05, 4.69) is 42.2 Å². The number of aromatic nitrogens is 1. The Bertz CT molecular complexity index is 1370. The van der Waals surface area contributed by atoms with Crippen LogP contribution in [0.2, 0.25) is 0 Å². The highest BCUT2D eigenvalue weighted by Gasteiger charge is 2.35. The summed E-state index contributed by atoms with van der Waals surface area (Å²) < 4.78 is 15.7. The maximum absolute atomic E-state index is 14.2. The summed E-state index contributed by atoms with van der Waals surface area (Å²) in [5.41, 5.74) is 4.51. The van der Waals surface area contributed by atoms with Gasteiger partial charge in [0.05, 0.1) is 32.1 Å². The Morgan fingerprint density at radius 3 is 2.29 bits per heavy atom. The highest BCUT2D eigenvalue weighted by Crippen LogP contribution is 2.40. The molecule has 0 saturated heterocycles. The Balaban J connectivity index is 1.33. The van der Waals surface area contributed by atoms with Crippen LogP contribution >= 0.6 is 11.3 Å². The van der Waals surface area contributed by atoms with Gasteiger partial charge in [0.15, 0.2) is 0 Å². The Morgan fingerprint density at radius 2 is 1.64 bits per heavy atom. The summed E-state index contributed by atoms with van der Waals surface area (Å²) in [5, 5.41) is 0.620. The molecule has 2 saturated carbocycles. The molecule has 5 rings (SSSR count). The van der Waals surface area contributed by atoms with Gasteiger partial charge >= 0.3 is 5.97 Å². The van der Waals surface area contributed by atoms with Crippen molar-refractivity contribution in [1.29, 1.82) is 0 Å². The van der Waals surface area contributed by atoms with Crippen LogP contribution in [-0.4, -0.2) is 44.7 Å². The zero-order valence-corrected chi connectivity index (χ0v) is 26.0. The number of nitrogens with zero attached hydrogens (tertiary/aromatic N) is 2. The molecule has 3 aromatic rings. The number of hydrogen-bond acceptors (Lipinski definition) is 7. The van der Waals surface area contributed by atoms with Crippen molar-refractivity contribution >= 4 is 28.9 Å². The van der Waals surface area contributed by atoms with Crippen molar-refractivity contribution in [2.45, 2.75) is 64.2 Å². The van der Waals surface area contributed by atoms with Crippen molar-refractivity contribution in [3.05, 3.63) is 59.8 Å². The molecule has 1 amide bonds. The maximum atomic E-state index is 14.2. The Kier molecular flexibility index (Phi) is 9.83. The van der Waals surface area contributed by atoms with Gasteiger partial charge in [-0.15, -0.1) is 0 Å². The molecule has 0 N–H and O–H groups in total. The minimum absolute atomic E-state index is 0.0864. The number of amides is 1. The third-order valence-electron chi connectivity index (χ3n) is 9.16. The fourth-order valence-corrected chi connectivity index (χ4v) is 7.42. The molecule has 0 radical (unpaired) electrons. The number of carbonyl (C=O) groups excluding carboxylic acids is 2. The van der Waals surface area contributed by atoms with E-state index in [1.807, 2.05) is 23.2 Å². The van der Waals surface area contributed by atoms with Crippen molar-refractivity contribution in [3.63, 3.8) is 0 Å². The fraction of sp³-hybridized carbons (Fsp3) is 0.500. The number of benzene rings is 2. The molecule has 2 aromatic carbocycles. The normalized spacial score (nSPS) is 22.3. The van der Waals surface area contributed by atoms with Crippen LogP contribution in [0.5, 0.6) is 10.9 Å². The van der Waals surface area contributed by atoms with Gasteiger partial charge in [0.1, 0.15) is 5.75 Å². The molecule has 2 aliphatic carbocycles. The molecule has 224 valence electrons. The topological polar surface area (TPSA) is 78.0 Å². The van der Waals surface area contributed by atoms with Gasteiger partial charge in [0, 0.05) is 24.3 Å². The van der Waals surface area contributed by atoms with Crippen molar-refractivity contribution < 1.29 is 23.8 Å². The number of thiazole rings is 1. The van der Waals surface area contributed by atoms with Crippen LogP contribution in [0, 0.1) is 24.7 Å². The first kappa shape index (κ1) is 30.1. The van der Waals surface area contributed by atoms with E-state index in [4.69, 9.17) is 14.2 Å². The van der Waals surface area contributed by atoms with E-state index in [-0.39, 0.29) is 23.7 Å². The lowest BCUT2D eigenvalue weighted by Crippen LogP contribution is -2.42. The van der Waals surface area contributed by atoms with Gasteiger partial charge in [0.25, 0.3) is 5.19 Å². The van der Waals surface area contributed by atoms with Crippen molar-refractivity contribution in [1.82, 2.24) is 4.98 Å². The van der Waals surface area contributed by atoms with Crippen molar-refractivity contribution in [3.8, 4) is 21.4 Å². The predicted octanol–water partition coefficient (Wildman–Crippen LogP) is 7.42. The van der Waals surface area contributed by atoms with E-state index in [1.54, 1.807) is 14.2 Å². The van der Waals surface area contributed by atoms with Crippen molar-refractivity contribution in [2.24, 2.45) is 17.8 Å². The average molecular weight is 591 g/mol. The average Bonchev–Trinajstić information content (AvgIpc) is 3.53. The van der Waals surface area contributed by atoms with Crippen LogP contribution in [0.3, 0.4) is 0 Å². The number of aryl methyl sites for hydroxylation is 1. The second kappa shape index (κ2) is 13.7. The quantitative estimate of drug-likeness (QED) is 0.241. The zero-order chi connectivity index (χ0) is 29.6. The van der Waals surface area contributed by atoms with Crippen LogP contribution < -0.4 is 14.4 Å². The number of ether oxygens (including phenoxy) is 3. The molecule has 1 aromatic heterocycles. The Labute approximate surface area is 253 Å². The van der Waals surface area contributed by atoms with Crippen LogP contribution in [-0.2, 0) is 14.3 Å². The molecule has 1 heterocycles. The third kappa shape index (κ3) is 6.80. The minimum atomic E-state index is -0.158. The highest BCUT2D eigenvalue weighted by molar-refractivity contribution is 7.16. The van der Waals surface area contributed by atoms with E-state index in [1.165, 1.54) is 29.6 Å². The molecule has 2 aliphatic rings. The van der Waals surface area contributed by atoms with E-state index in [0.717, 1.165) is 47.6 Å².